The van der Waals surface area contributed by atoms with Crippen molar-refractivity contribution in [3.05, 3.63) is 59.7 Å². The largest absolute Gasteiger partial charge is 0.356 e. The zero-order valence-electron chi connectivity index (χ0n) is 19.0. The van der Waals surface area contributed by atoms with Crippen molar-refractivity contribution in [2.45, 2.75) is 63.8 Å². The van der Waals surface area contributed by atoms with Crippen LogP contribution in [0.5, 0.6) is 0 Å². The molecule has 0 spiro atoms. The van der Waals surface area contributed by atoms with Crippen molar-refractivity contribution in [1.82, 2.24) is 15.7 Å². The summed E-state index contributed by atoms with van der Waals surface area (Å²) in [6, 6.07) is 11.0. The first-order valence-electron chi connectivity index (χ1n) is 12.1. The molecular weight excluding hydrogens is 402 g/mol. The molecule has 1 unspecified atom stereocenters. The van der Waals surface area contributed by atoms with Crippen LogP contribution in [0.4, 0.5) is 0 Å². The number of nitrogens with one attached hydrogen (secondary N) is 2. The fraction of sp³-hybridized carbons (Fsp3) is 0.538. The third-order valence-electron chi connectivity index (χ3n) is 6.47. The Hall–Kier alpha value is -2.44. The highest BCUT2D eigenvalue weighted by Crippen LogP contribution is 2.34. The molecular formula is C26H37N3O3. The highest BCUT2D eigenvalue weighted by atomic mass is 16.5. The van der Waals surface area contributed by atoms with Gasteiger partial charge in [0.2, 0.25) is 11.8 Å². The first-order valence-corrected chi connectivity index (χ1v) is 12.1. The summed E-state index contributed by atoms with van der Waals surface area (Å²) < 4.78 is 0. The maximum Gasteiger partial charge on any atom is 0.243 e. The molecule has 0 aromatic heterocycles. The van der Waals surface area contributed by atoms with Crippen molar-refractivity contribution in [2.24, 2.45) is 5.92 Å². The number of allylic oxidation sites excluding steroid dienone is 2. The van der Waals surface area contributed by atoms with Gasteiger partial charge in [-0.2, -0.15) is 0 Å². The van der Waals surface area contributed by atoms with Crippen LogP contribution in [0.15, 0.2) is 54.1 Å². The minimum absolute atomic E-state index is 0.0896. The molecule has 1 aliphatic heterocycles. The van der Waals surface area contributed by atoms with Gasteiger partial charge in [0.05, 0.1) is 6.04 Å². The molecule has 0 bridgehead atoms. The Morgan fingerprint density at radius 2 is 1.78 bits per heavy atom. The molecule has 1 saturated heterocycles. The predicted octanol–water partition coefficient (Wildman–Crippen LogP) is 4.29. The molecule has 0 radical (unpaired) electrons. The van der Waals surface area contributed by atoms with Crippen molar-refractivity contribution < 1.29 is 14.8 Å². The highest BCUT2D eigenvalue weighted by molar-refractivity contribution is 5.78. The second-order valence-corrected chi connectivity index (χ2v) is 8.80. The van der Waals surface area contributed by atoms with Gasteiger partial charge in [0.15, 0.2) is 0 Å². The smallest absolute Gasteiger partial charge is 0.243 e. The topological polar surface area (TPSA) is 81.7 Å². The average molecular weight is 440 g/mol. The molecule has 3 N–H and O–H groups in total. The van der Waals surface area contributed by atoms with E-state index < -0.39 is 0 Å². The van der Waals surface area contributed by atoms with Crippen LogP contribution in [-0.2, 0) is 9.59 Å². The molecule has 1 aliphatic carbocycles. The van der Waals surface area contributed by atoms with Gasteiger partial charge >= 0.3 is 0 Å². The number of piperidine rings is 1. The van der Waals surface area contributed by atoms with E-state index in [1.165, 1.54) is 11.1 Å². The monoisotopic (exact) mass is 439 g/mol. The molecule has 2 amide bonds. The Morgan fingerprint density at radius 1 is 1.03 bits per heavy atom. The minimum Gasteiger partial charge on any atom is -0.356 e. The Morgan fingerprint density at radius 3 is 2.47 bits per heavy atom. The highest BCUT2D eigenvalue weighted by Gasteiger charge is 2.30. The third-order valence-corrected chi connectivity index (χ3v) is 6.47. The summed E-state index contributed by atoms with van der Waals surface area (Å²) in [7, 11) is 0. The lowest BCUT2D eigenvalue weighted by Crippen LogP contribution is -2.42. The Balaban J connectivity index is 1.42. The van der Waals surface area contributed by atoms with E-state index in [4.69, 9.17) is 5.21 Å². The van der Waals surface area contributed by atoms with Gasteiger partial charge in [0.25, 0.3) is 0 Å². The number of amides is 2. The standard InChI is InChI=1S/C26H37N3O3/c30-24(28-32)15-9-1-2-10-18-27-26(31)23-16-19-29(20-17-23)25(21-11-5-3-6-12-21)22-13-7-4-8-14-22/h3,5-7,11-14,23,25,32H,1-2,4,8-10,15-20H2,(H,27,31)(H,28,30). The van der Waals surface area contributed by atoms with Gasteiger partial charge in [-0.1, -0.05) is 61.4 Å². The van der Waals surface area contributed by atoms with Gasteiger partial charge in [0.1, 0.15) is 0 Å². The van der Waals surface area contributed by atoms with Gasteiger partial charge < -0.3 is 5.32 Å². The molecule has 174 valence electrons. The van der Waals surface area contributed by atoms with E-state index in [0.717, 1.165) is 64.5 Å². The van der Waals surface area contributed by atoms with Crippen LogP contribution < -0.4 is 10.8 Å². The summed E-state index contributed by atoms with van der Waals surface area (Å²) in [5.41, 5.74) is 4.35. The van der Waals surface area contributed by atoms with Crippen LogP contribution in [0.3, 0.4) is 0 Å². The maximum atomic E-state index is 12.6. The molecule has 1 atom stereocenters. The Bertz CT molecular complexity index is 783. The van der Waals surface area contributed by atoms with Crippen LogP contribution in [0, 0.1) is 5.92 Å². The molecule has 32 heavy (non-hydrogen) atoms. The summed E-state index contributed by atoms with van der Waals surface area (Å²) in [5.74, 6) is -0.0703. The summed E-state index contributed by atoms with van der Waals surface area (Å²) >= 11 is 0. The molecule has 1 fully saturated rings. The SMILES string of the molecule is O=C(CCCCCCNC(=O)C1CCN(C(C2=CCCC=C2)c2ccccc2)CC1)NO. The van der Waals surface area contributed by atoms with E-state index in [1.807, 2.05) is 0 Å². The average Bonchev–Trinajstić information content (AvgIpc) is 2.85. The maximum absolute atomic E-state index is 12.6. The fourth-order valence-electron chi connectivity index (χ4n) is 4.68. The lowest BCUT2D eigenvalue weighted by molar-refractivity contribution is -0.129. The Labute approximate surface area is 191 Å². The number of unbranched alkanes of at least 4 members (excludes halogenated alkanes) is 3. The van der Waals surface area contributed by atoms with Crippen LogP contribution in [0.1, 0.15) is 69.4 Å². The first-order chi connectivity index (χ1) is 15.7. The minimum atomic E-state index is -0.338. The molecule has 6 heteroatoms. The number of hydroxylamine groups is 1. The number of carbonyl (C=O) groups excluding carboxylic acids is 2. The van der Waals surface area contributed by atoms with E-state index in [9.17, 15) is 9.59 Å². The molecule has 1 aromatic carbocycles. The number of likely N-dealkylation sites (tertiary alicyclic amines) is 1. The van der Waals surface area contributed by atoms with Crippen molar-refractivity contribution in [2.75, 3.05) is 19.6 Å². The van der Waals surface area contributed by atoms with Crippen molar-refractivity contribution in [1.29, 1.82) is 0 Å². The van der Waals surface area contributed by atoms with E-state index in [0.29, 0.717) is 13.0 Å². The zero-order valence-corrected chi connectivity index (χ0v) is 19.0. The van der Waals surface area contributed by atoms with Gasteiger partial charge in [-0.05, 0) is 62.8 Å². The van der Waals surface area contributed by atoms with E-state index >= 15 is 0 Å². The van der Waals surface area contributed by atoms with Crippen LogP contribution in [0.25, 0.3) is 0 Å². The van der Waals surface area contributed by atoms with E-state index in [2.05, 4.69) is 58.8 Å². The second kappa shape index (κ2) is 13.2. The van der Waals surface area contributed by atoms with Crippen LogP contribution in [-0.4, -0.2) is 41.6 Å². The molecule has 3 rings (SSSR count). The Kier molecular flexibility index (Phi) is 9.98. The summed E-state index contributed by atoms with van der Waals surface area (Å²) in [4.78, 5) is 26.1. The second-order valence-electron chi connectivity index (χ2n) is 8.80. The number of hydrogen-bond acceptors (Lipinski definition) is 4. The van der Waals surface area contributed by atoms with Crippen molar-refractivity contribution in [3.63, 3.8) is 0 Å². The molecule has 1 aromatic rings. The lowest BCUT2D eigenvalue weighted by atomic mass is 9.89. The summed E-state index contributed by atoms with van der Waals surface area (Å²) in [6.07, 6.45) is 14.8. The van der Waals surface area contributed by atoms with Gasteiger partial charge in [-0.3, -0.25) is 19.7 Å². The number of nitrogens with zero attached hydrogens (tertiary/aromatic N) is 1. The van der Waals surface area contributed by atoms with Gasteiger partial charge in [-0.15, -0.1) is 0 Å². The van der Waals surface area contributed by atoms with Crippen LogP contribution >= 0.6 is 0 Å². The van der Waals surface area contributed by atoms with Gasteiger partial charge in [-0.25, -0.2) is 5.48 Å². The lowest BCUT2D eigenvalue weighted by Gasteiger charge is -2.38. The number of carbonyl (C=O) groups is 2. The summed E-state index contributed by atoms with van der Waals surface area (Å²) in [5, 5.41) is 11.6. The molecule has 0 saturated carbocycles. The number of rotatable bonds is 11. The third kappa shape index (κ3) is 7.31. The van der Waals surface area contributed by atoms with Crippen molar-refractivity contribution in [3.8, 4) is 0 Å². The molecule has 1 heterocycles. The number of hydrogen-bond donors (Lipinski definition) is 3. The van der Waals surface area contributed by atoms with Crippen molar-refractivity contribution >= 4 is 11.8 Å². The molecule has 6 nitrogen and oxygen atoms in total. The predicted molar refractivity (Wildman–Crippen MR) is 126 cm³/mol. The zero-order chi connectivity index (χ0) is 22.6. The first kappa shape index (κ1) is 24.2. The molecule has 2 aliphatic rings. The van der Waals surface area contributed by atoms with Crippen LogP contribution in [0.2, 0.25) is 0 Å². The summed E-state index contributed by atoms with van der Waals surface area (Å²) in [6.45, 7) is 2.54. The number of benzene rings is 1. The quantitative estimate of drug-likeness (QED) is 0.273. The van der Waals surface area contributed by atoms with E-state index in [-0.39, 0.29) is 23.8 Å². The fourth-order valence-corrected chi connectivity index (χ4v) is 4.68. The van der Waals surface area contributed by atoms with E-state index in [1.54, 1.807) is 5.48 Å². The normalized spacial score (nSPS) is 18.1. The van der Waals surface area contributed by atoms with Gasteiger partial charge in [0, 0.05) is 18.9 Å².